The number of aromatic nitrogens is 2. The van der Waals surface area contributed by atoms with Gasteiger partial charge in [-0.15, -0.1) is 0 Å². The summed E-state index contributed by atoms with van der Waals surface area (Å²) < 4.78 is 1.89. The Bertz CT molecular complexity index is 394. The Kier molecular flexibility index (Phi) is 3.92. The molecular formula is C16H27N3. The van der Waals surface area contributed by atoms with E-state index in [1.807, 2.05) is 17.9 Å². The van der Waals surface area contributed by atoms with Gasteiger partial charge in [-0.3, -0.25) is 4.68 Å². The van der Waals surface area contributed by atoms with Crippen LogP contribution in [0.1, 0.15) is 56.9 Å². The van der Waals surface area contributed by atoms with Crippen molar-refractivity contribution in [3.05, 3.63) is 18.0 Å². The highest BCUT2D eigenvalue weighted by Gasteiger charge is 2.37. The summed E-state index contributed by atoms with van der Waals surface area (Å²) in [6.07, 6.45) is 16.9. The zero-order chi connectivity index (χ0) is 13.1. The molecular weight excluding hydrogens is 234 g/mol. The molecule has 1 aromatic rings. The highest BCUT2D eigenvalue weighted by atomic mass is 15.2. The summed E-state index contributed by atoms with van der Waals surface area (Å²) in [5, 5.41) is 7.97. The molecule has 2 aliphatic carbocycles. The Hall–Kier alpha value is -0.830. The SMILES string of the molecule is Cn1cc(CCNC2CCC3(CCCC3)CC2)cn1. The van der Waals surface area contributed by atoms with Crippen molar-refractivity contribution in [2.45, 2.75) is 63.8 Å². The van der Waals surface area contributed by atoms with Crippen LogP contribution in [-0.4, -0.2) is 22.4 Å². The standard InChI is InChI=1S/C16H27N3/c1-19-13-14(12-18-19)6-11-17-15-4-9-16(10-5-15)7-2-3-8-16/h12-13,15,17H,2-11H2,1H3. The van der Waals surface area contributed by atoms with E-state index in [4.69, 9.17) is 0 Å². The molecule has 0 amide bonds. The zero-order valence-corrected chi connectivity index (χ0v) is 12.2. The van der Waals surface area contributed by atoms with Gasteiger partial charge in [0.15, 0.2) is 0 Å². The first-order valence-electron chi connectivity index (χ1n) is 7.97. The van der Waals surface area contributed by atoms with Gasteiger partial charge in [-0.05, 0) is 62.5 Å². The van der Waals surface area contributed by atoms with Crippen molar-refractivity contribution in [1.29, 1.82) is 0 Å². The highest BCUT2D eigenvalue weighted by Crippen LogP contribution is 2.48. The molecule has 1 spiro atoms. The predicted molar refractivity (Wildman–Crippen MR) is 78.1 cm³/mol. The molecule has 1 aromatic heterocycles. The maximum Gasteiger partial charge on any atom is 0.0522 e. The number of nitrogens with zero attached hydrogens (tertiary/aromatic N) is 2. The normalized spacial score (nSPS) is 23.2. The molecule has 0 saturated heterocycles. The molecule has 0 aromatic carbocycles. The molecule has 0 aliphatic heterocycles. The van der Waals surface area contributed by atoms with Crippen LogP contribution < -0.4 is 5.32 Å². The van der Waals surface area contributed by atoms with Crippen molar-refractivity contribution in [2.75, 3.05) is 6.54 Å². The van der Waals surface area contributed by atoms with Crippen LogP contribution >= 0.6 is 0 Å². The maximum atomic E-state index is 4.22. The summed E-state index contributed by atoms with van der Waals surface area (Å²) in [4.78, 5) is 0. The monoisotopic (exact) mass is 261 g/mol. The van der Waals surface area contributed by atoms with E-state index < -0.39 is 0 Å². The Morgan fingerprint density at radius 1 is 1.26 bits per heavy atom. The van der Waals surface area contributed by atoms with Gasteiger partial charge in [0, 0.05) is 19.3 Å². The molecule has 1 heterocycles. The quantitative estimate of drug-likeness (QED) is 0.903. The van der Waals surface area contributed by atoms with E-state index in [1.165, 1.54) is 56.9 Å². The Morgan fingerprint density at radius 3 is 2.63 bits per heavy atom. The Labute approximate surface area is 116 Å². The van der Waals surface area contributed by atoms with Gasteiger partial charge >= 0.3 is 0 Å². The second kappa shape index (κ2) is 5.66. The maximum absolute atomic E-state index is 4.22. The first-order valence-corrected chi connectivity index (χ1v) is 7.97. The minimum Gasteiger partial charge on any atom is -0.314 e. The van der Waals surface area contributed by atoms with Crippen molar-refractivity contribution in [3.63, 3.8) is 0 Å². The molecule has 106 valence electrons. The molecule has 0 unspecified atom stereocenters. The van der Waals surface area contributed by atoms with E-state index >= 15 is 0 Å². The van der Waals surface area contributed by atoms with Crippen LogP contribution in [0.25, 0.3) is 0 Å². The van der Waals surface area contributed by atoms with Gasteiger partial charge in [-0.2, -0.15) is 5.10 Å². The predicted octanol–water partition coefficient (Wildman–Crippen LogP) is 3.06. The minimum absolute atomic E-state index is 0.765. The third-order valence-electron chi connectivity index (χ3n) is 5.32. The summed E-state index contributed by atoms with van der Waals surface area (Å²) in [6, 6.07) is 0.767. The van der Waals surface area contributed by atoms with Crippen LogP contribution in [0.4, 0.5) is 0 Å². The van der Waals surface area contributed by atoms with Crippen LogP contribution in [0.5, 0.6) is 0 Å². The summed E-state index contributed by atoms with van der Waals surface area (Å²) in [5.74, 6) is 0. The molecule has 19 heavy (non-hydrogen) atoms. The fraction of sp³-hybridized carbons (Fsp3) is 0.812. The van der Waals surface area contributed by atoms with Gasteiger partial charge in [-0.1, -0.05) is 12.8 Å². The molecule has 0 bridgehead atoms. The number of rotatable bonds is 4. The summed E-state index contributed by atoms with van der Waals surface area (Å²) >= 11 is 0. The van der Waals surface area contributed by atoms with Crippen LogP contribution in [0.3, 0.4) is 0 Å². The summed E-state index contributed by atoms with van der Waals surface area (Å²) in [6.45, 7) is 1.10. The lowest BCUT2D eigenvalue weighted by Gasteiger charge is -2.37. The first kappa shape index (κ1) is 13.2. The van der Waals surface area contributed by atoms with Gasteiger partial charge in [0.25, 0.3) is 0 Å². The van der Waals surface area contributed by atoms with E-state index in [0.29, 0.717) is 0 Å². The highest BCUT2D eigenvalue weighted by molar-refractivity contribution is 5.04. The molecule has 0 radical (unpaired) electrons. The van der Waals surface area contributed by atoms with Gasteiger partial charge in [0.2, 0.25) is 0 Å². The zero-order valence-electron chi connectivity index (χ0n) is 12.2. The second-order valence-electron chi connectivity index (χ2n) is 6.71. The lowest BCUT2D eigenvalue weighted by molar-refractivity contribution is 0.169. The lowest BCUT2D eigenvalue weighted by atomic mass is 9.71. The molecule has 0 atom stereocenters. The van der Waals surface area contributed by atoms with Crippen LogP contribution in [-0.2, 0) is 13.5 Å². The molecule has 2 saturated carbocycles. The van der Waals surface area contributed by atoms with Crippen molar-refractivity contribution in [3.8, 4) is 0 Å². The van der Waals surface area contributed by atoms with Crippen LogP contribution in [0.15, 0.2) is 12.4 Å². The number of hydrogen-bond acceptors (Lipinski definition) is 2. The average molecular weight is 261 g/mol. The summed E-state index contributed by atoms with van der Waals surface area (Å²) in [7, 11) is 1.99. The lowest BCUT2D eigenvalue weighted by Crippen LogP contribution is -2.37. The molecule has 3 nitrogen and oxygen atoms in total. The summed E-state index contributed by atoms with van der Waals surface area (Å²) in [5.41, 5.74) is 2.11. The van der Waals surface area contributed by atoms with E-state index in [1.54, 1.807) is 0 Å². The van der Waals surface area contributed by atoms with Crippen molar-refractivity contribution < 1.29 is 0 Å². The minimum atomic E-state index is 0.765. The first-order chi connectivity index (χ1) is 9.26. The molecule has 1 N–H and O–H groups in total. The van der Waals surface area contributed by atoms with Crippen molar-refractivity contribution in [1.82, 2.24) is 15.1 Å². The van der Waals surface area contributed by atoms with E-state index in [9.17, 15) is 0 Å². The molecule has 3 rings (SSSR count). The largest absolute Gasteiger partial charge is 0.314 e. The topological polar surface area (TPSA) is 29.9 Å². The fourth-order valence-electron chi connectivity index (χ4n) is 4.08. The van der Waals surface area contributed by atoms with Crippen LogP contribution in [0.2, 0.25) is 0 Å². The van der Waals surface area contributed by atoms with Gasteiger partial charge in [0.05, 0.1) is 6.20 Å². The Morgan fingerprint density at radius 2 is 2.00 bits per heavy atom. The molecule has 3 heteroatoms. The second-order valence-corrected chi connectivity index (χ2v) is 6.71. The van der Waals surface area contributed by atoms with E-state index in [2.05, 4.69) is 16.6 Å². The number of aryl methyl sites for hydroxylation is 1. The van der Waals surface area contributed by atoms with Gasteiger partial charge < -0.3 is 5.32 Å². The number of nitrogens with one attached hydrogen (secondary N) is 1. The third-order valence-corrected chi connectivity index (χ3v) is 5.32. The molecule has 2 fully saturated rings. The van der Waals surface area contributed by atoms with Gasteiger partial charge in [-0.25, -0.2) is 0 Å². The van der Waals surface area contributed by atoms with E-state index in [-0.39, 0.29) is 0 Å². The Balaban J connectivity index is 1.38. The smallest absolute Gasteiger partial charge is 0.0522 e. The van der Waals surface area contributed by atoms with Crippen LogP contribution in [0, 0.1) is 5.41 Å². The van der Waals surface area contributed by atoms with Crippen molar-refractivity contribution in [2.24, 2.45) is 12.5 Å². The van der Waals surface area contributed by atoms with E-state index in [0.717, 1.165) is 24.4 Å². The third kappa shape index (κ3) is 3.19. The number of hydrogen-bond donors (Lipinski definition) is 1. The fourth-order valence-corrected chi connectivity index (χ4v) is 4.08. The molecule has 2 aliphatic rings. The van der Waals surface area contributed by atoms with Crippen molar-refractivity contribution >= 4 is 0 Å². The average Bonchev–Trinajstić information content (AvgIpc) is 3.02. The van der Waals surface area contributed by atoms with Gasteiger partial charge in [0.1, 0.15) is 0 Å².